The van der Waals surface area contributed by atoms with Gasteiger partial charge in [-0.15, -0.1) is 0 Å². The number of rotatable bonds is 4. The third-order valence-corrected chi connectivity index (χ3v) is 3.70. The van der Waals surface area contributed by atoms with E-state index in [4.69, 9.17) is 11.0 Å². The second-order valence-corrected chi connectivity index (χ2v) is 5.16. The van der Waals surface area contributed by atoms with Crippen LogP contribution < -0.4 is 11.1 Å². The molecule has 0 heterocycles. The van der Waals surface area contributed by atoms with E-state index in [1.54, 1.807) is 0 Å². The van der Waals surface area contributed by atoms with Crippen molar-refractivity contribution in [1.29, 1.82) is 5.26 Å². The lowest BCUT2D eigenvalue weighted by atomic mass is 10.0. The van der Waals surface area contributed by atoms with E-state index in [1.807, 2.05) is 0 Å². The highest BCUT2D eigenvalue weighted by Crippen LogP contribution is 2.48. The molecule has 2 fully saturated rings. The maximum atomic E-state index is 8.69. The smallest absolute Gasteiger partial charge is 0.188 e. The summed E-state index contributed by atoms with van der Waals surface area (Å²) in [6, 6.07) is 2.76. The van der Waals surface area contributed by atoms with Crippen molar-refractivity contribution in [3.8, 4) is 6.07 Å². The number of nitrogens with zero attached hydrogens (tertiary/aromatic N) is 2. The average molecular weight is 220 g/mol. The SMILES string of the molecule is N#CCC1(CN=C(N)NC2CCCC2)CC1. The summed E-state index contributed by atoms with van der Waals surface area (Å²) in [7, 11) is 0. The summed E-state index contributed by atoms with van der Waals surface area (Å²) in [6.45, 7) is 0.714. The van der Waals surface area contributed by atoms with Crippen molar-refractivity contribution in [3.05, 3.63) is 0 Å². The Morgan fingerprint density at radius 2 is 2.12 bits per heavy atom. The molecule has 2 aliphatic rings. The molecule has 0 aromatic carbocycles. The molecule has 3 N–H and O–H groups in total. The lowest BCUT2D eigenvalue weighted by molar-refractivity contribution is 0.535. The molecule has 4 nitrogen and oxygen atoms in total. The van der Waals surface area contributed by atoms with Crippen LogP contribution >= 0.6 is 0 Å². The molecule has 2 aliphatic carbocycles. The summed E-state index contributed by atoms with van der Waals surface area (Å²) < 4.78 is 0. The number of guanidine groups is 1. The Morgan fingerprint density at radius 1 is 1.44 bits per heavy atom. The van der Waals surface area contributed by atoms with Crippen LogP contribution in [0.2, 0.25) is 0 Å². The Kier molecular flexibility index (Phi) is 3.33. The molecule has 4 heteroatoms. The van der Waals surface area contributed by atoms with Crippen LogP contribution in [0.4, 0.5) is 0 Å². The number of hydrogen-bond acceptors (Lipinski definition) is 2. The number of hydrogen-bond donors (Lipinski definition) is 2. The minimum Gasteiger partial charge on any atom is -0.370 e. The first-order valence-corrected chi connectivity index (χ1v) is 6.18. The Labute approximate surface area is 96.9 Å². The van der Waals surface area contributed by atoms with Crippen molar-refractivity contribution in [1.82, 2.24) is 5.32 Å². The second kappa shape index (κ2) is 4.73. The second-order valence-electron chi connectivity index (χ2n) is 5.16. The van der Waals surface area contributed by atoms with E-state index in [9.17, 15) is 0 Å². The number of nitrogens with two attached hydrogens (primary N) is 1. The third-order valence-electron chi connectivity index (χ3n) is 3.70. The van der Waals surface area contributed by atoms with Crippen LogP contribution in [0.1, 0.15) is 44.9 Å². The van der Waals surface area contributed by atoms with Crippen molar-refractivity contribution < 1.29 is 0 Å². The monoisotopic (exact) mass is 220 g/mol. The fourth-order valence-corrected chi connectivity index (χ4v) is 2.31. The summed E-state index contributed by atoms with van der Waals surface area (Å²) in [4.78, 5) is 4.37. The zero-order chi connectivity index (χ0) is 11.4. The third kappa shape index (κ3) is 2.88. The topological polar surface area (TPSA) is 74.2 Å². The standard InChI is InChI=1S/C12H20N4/c13-8-7-12(5-6-12)9-15-11(14)16-10-3-1-2-4-10/h10H,1-7,9H2,(H3,14,15,16). The summed E-state index contributed by atoms with van der Waals surface area (Å²) in [5.74, 6) is 0.566. The molecule has 2 saturated carbocycles. The largest absolute Gasteiger partial charge is 0.370 e. The minimum atomic E-state index is 0.163. The molecule has 0 atom stereocenters. The van der Waals surface area contributed by atoms with Crippen LogP contribution in [0.5, 0.6) is 0 Å². The molecule has 0 radical (unpaired) electrons. The van der Waals surface area contributed by atoms with Crippen molar-refractivity contribution in [2.75, 3.05) is 6.54 Å². The van der Waals surface area contributed by atoms with E-state index in [1.165, 1.54) is 25.7 Å². The van der Waals surface area contributed by atoms with Gasteiger partial charge in [0.25, 0.3) is 0 Å². The zero-order valence-corrected chi connectivity index (χ0v) is 9.71. The maximum absolute atomic E-state index is 8.69. The van der Waals surface area contributed by atoms with Crippen molar-refractivity contribution >= 4 is 5.96 Å². The van der Waals surface area contributed by atoms with Crippen molar-refractivity contribution in [3.63, 3.8) is 0 Å². The van der Waals surface area contributed by atoms with Crippen molar-refractivity contribution in [2.24, 2.45) is 16.1 Å². The molecule has 0 aliphatic heterocycles. The minimum absolute atomic E-state index is 0.163. The molecule has 0 spiro atoms. The summed E-state index contributed by atoms with van der Waals surface area (Å²) >= 11 is 0. The average Bonchev–Trinajstić information content (AvgIpc) is 2.83. The first kappa shape index (κ1) is 11.3. The predicted octanol–water partition coefficient (Wildman–Crippen LogP) is 1.53. The van der Waals surface area contributed by atoms with E-state index in [2.05, 4.69) is 16.4 Å². The van der Waals surface area contributed by atoms with Gasteiger partial charge in [0.15, 0.2) is 5.96 Å². The van der Waals surface area contributed by atoms with Gasteiger partial charge in [0.2, 0.25) is 0 Å². The van der Waals surface area contributed by atoms with Crippen LogP contribution in [-0.4, -0.2) is 18.5 Å². The van der Waals surface area contributed by atoms with Gasteiger partial charge < -0.3 is 11.1 Å². The van der Waals surface area contributed by atoms with Gasteiger partial charge >= 0.3 is 0 Å². The molecule has 2 rings (SSSR count). The predicted molar refractivity (Wildman–Crippen MR) is 63.8 cm³/mol. The molecule has 0 bridgehead atoms. The van der Waals surface area contributed by atoms with Crippen LogP contribution in [0, 0.1) is 16.7 Å². The van der Waals surface area contributed by atoms with Gasteiger partial charge in [-0.1, -0.05) is 12.8 Å². The Bertz CT molecular complexity index is 305. The molecular weight excluding hydrogens is 200 g/mol. The molecule has 0 amide bonds. The number of nitrogens with one attached hydrogen (secondary N) is 1. The molecule has 16 heavy (non-hydrogen) atoms. The lowest BCUT2D eigenvalue weighted by Crippen LogP contribution is -2.38. The Morgan fingerprint density at radius 3 is 2.69 bits per heavy atom. The van der Waals surface area contributed by atoms with Gasteiger partial charge in [0.05, 0.1) is 6.07 Å². The fraction of sp³-hybridized carbons (Fsp3) is 0.833. The van der Waals surface area contributed by atoms with Crippen LogP contribution in [0.25, 0.3) is 0 Å². The lowest BCUT2D eigenvalue weighted by Gasteiger charge is -2.13. The van der Waals surface area contributed by atoms with Gasteiger partial charge in [-0.2, -0.15) is 5.26 Å². The van der Waals surface area contributed by atoms with E-state index in [0.717, 1.165) is 12.8 Å². The normalized spacial score (nSPS) is 24.1. The summed E-state index contributed by atoms with van der Waals surface area (Å²) in [6.07, 6.45) is 7.88. The van der Waals surface area contributed by atoms with E-state index in [-0.39, 0.29) is 5.41 Å². The van der Waals surface area contributed by atoms with Gasteiger partial charge in [-0.25, -0.2) is 0 Å². The van der Waals surface area contributed by atoms with E-state index < -0.39 is 0 Å². The Balaban J connectivity index is 1.76. The number of aliphatic imine (C=N–C) groups is 1. The summed E-state index contributed by atoms with van der Waals surface area (Å²) in [5, 5.41) is 12.0. The van der Waals surface area contributed by atoms with Gasteiger partial charge in [-0.3, -0.25) is 4.99 Å². The fourth-order valence-electron chi connectivity index (χ4n) is 2.31. The molecule has 0 aromatic rings. The molecule has 0 aromatic heterocycles. The van der Waals surface area contributed by atoms with Crippen LogP contribution in [-0.2, 0) is 0 Å². The maximum Gasteiger partial charge on any atom is 0.188 e. The zero-order valence-electron chi connectivity index (χ0n) is 9.71. The first-order valence-electron chi connectivity index (χ1n) is 6.18. The van der Waals surface area contributed by atoms with E-state index >= 15 is 0 Å². The highest BCUT2D eigenvalue weighted by atomic mass is 15.1. The highest BCUT2D eigenvalue weighted by molar-refractivity contribution is 5.78. The number of nitriles is 1. The Hall–Kier alpha value is -1.24. The first-order chi connectivity index (χ1) is 7.74. The highest BCUT2D eigenvalue weighted by Gasteiger charge is 2.42. The van der Waals surface area contributed by atoms with Crippen LogP contribution in [0.15, 0.2) is 4.99 Å². The molecule has 88 valence electrons. The van der Waals surface area contributed by atoms with Crippen LogP contribution in [0.3, 0.4) is 0 Å². The molecule has 0 unspecified atom stereocenters. The molecule has 0 saturated heterocycles. The van der Waals surface area contributed by atoms with Gasteiger partial charge in [0, 0.05) is 24.4 Å². The quantitative estimate of drug-likeness (QED) is 0.557. The van der Waals surface area contributed by atoms with Crippen molar-refractivity contribution in [2.45, 2.75) is 51.0 Å². The van der Waals surface area contributed by atoms with E-state index in [0.29, 0.717) is 25.0 Å². The van der Waals surface area contributed by atoms with Gasteiger partial charge in [-0.05, 0) is 25.7 Å². The summed E-state index contributed by atoms with van der Waals surface area (Å²) in [5.41, 5.74) is 6.00. The molecular formula is C12H20N4. The van der Waals surface area contributed by atoms with Gasteiger partial charge in [0.1, 0.15) is 0 Å².